The first-order valence-corrected chi connectivity index (χ1v) is 5.47. The van der Waals surface area contributed by atoms with Gasteiger partial charge in [-0.1, -0.05) is 12.2 Å². The summed E-state index contributed by atoms with van der Waals surface area (Å²) >= 11 is 0. The molecule has 74 valence electrons. The van der Waals surface area contributed by atoms with Crippen LogP contribution >= 0.6 is 0 Å². The highest BCUT2D eigenvalue weighted by atomic mass is 15.2. The molecule has 3 heterocycles. The molecule has 0 radical (unpaired) electrons. The predicted octanol–water partition coefficient (Wildman–Crippen LogP) is 1.25. The van der Waals surface area contributed by atoms with Gasteiger partial charge in [0.25, 0.3) is 0 Å². The summed E-state index contributed by atoms with van der Waals surface area (Å²) in [4.78, 5) is 2.59. The van der Waals surface area contributed by atoms with Crippen molar-refractivity contribution in [1.82, 2.24) is 10.2 Å². The maximum atomic E-state index is 3.63. The van der Waals surface area contributed by atoms with Gasteiger partial charge in [0.05, 0.1) is 0 Å². The highest BCUT2D eigenvalue weighted by Crippen LogP contribution is 2.27. The Morgan fingerprint density at radius 2 is 2.15 bits per heavy atom. The number of rotatable bonds is 3. The maximum absolute atomic E-state index is 3.63. The van der Waals surface area contributed by atoms with E-state index in [0.29, 0.717) is 0 Å². The number of hydrogen-bond acceptors (Lipinski definition) is 2. The molecule has 1 atom stereocenters. The van der Waals surface area contributed by atoms with Crippen LogP contribution in [0.3, 0.4) is 0 Å². The van der Waals surface area contributed by atoms with E-state index in [1.54, 1.807) is 0 Å². The van der Waals surface area contributed by atoms with Crippen LogP contribution in [0.4, 0.5) is 0 Å². The number of fused-ring (bicyclic) bond motifs is 3. The van der Waals surface area contributed by atoms with Gasteiger partial charge >= 0.3 is 0 Å². The molecule has 3 fully saturated rings. The van der Waals surface area contributed by atoms with Crippen molar-refractivity contribution in [2.24, 2.45) is 5.92 Å². The van der Waals surface area contributed by atoms with Crippen LogP contribution in [-0.4, -0.2) is 37.1 Å². The lowest BCUT2D eigenvalue weighted by Gasteiger charge is -2.45. The summed E-state index contributed by atoms with van der Waals surface area (Å²) in [6.45, 7) is 7.09. The summed E-state index contributed by atoms with van der Waals surface area (Å²) in [5.41, 5.74) is 0. The van der Waals surface area contributed by atoms with Crippen LogP contribution in [0.1, 0.15) is 19.8 Å². The molecule has 0 amide bonds. The molecule has 1 unspecified atom stereocenters. The maximum Gasteiger partial charge on any atom is 0.0227 e. The molecule has 3 saturated heterocycles. The normalized spacial score (nSPS) is 38.7. The van der Waals surface area contributed by atoms with Gasteiger partial charge in [0.15, 0.2) is 0 Å². The fraction of sp³-hybridized carbons (Fsp3) is 0.818. The van der Waals surface area contributed by atoms with Crippen molar-refractivity contribution < 1.29 is 0 Å². The van der Waals surface area contributed by atoms with Crippen LogP contribution < -0.4 is 5.32 Å². The SMILES string of the molecule is C/C=C/CNC1CN2CCC1CC2. The summed E-state index contributed by atoms with van der Waals surface area (Å²) in [6.07, 6.45) is 7.15. The first-order chi connectivity index (χ1) is 6.40. The Kier molecular flexibility index (Phi) is 3.01. The average molecular weight is 180 g/mol. The molecule has 3 rings (SSSR count). The number of hydrogen-bond donors (Lipinski definition) is 1. The van der Waals surface area contributed by atoms with E-state index in [1.807, 2.05) is 0 Å². The van der Waals surface area contributed by atoms with Crippen molar-refractivity contribution in [1.29, 1.82) is 0 Å². The largest absolute Gasteiger partial charge is 0.309 e. The highest BCUT2D eigenvalue weighted by molar-refractivity contribution is 4.92. The average Bonchev–Trinajstić information content (AvgIpc) is 2.20. The fourth-order valence-electron chi connectivity index (χ4n) is 2.53. The van der Waals surface area contributed by atoms with Gasteiger partial charge in [-0.15, -0.1) is 0 Å². The molecular weight excluding hydrogens is 160 g/mol. The number of piperidine rings is 3. The molecule has 0 saturated carbocycles. The topological polar surface area (TPSA) is 15.3 Å². The zero-order chi connectivity index (χ0) is 9.10. The molecule has 1 N–H and O–H groups in total. The first kappa shape index (κ1) is 9.22. The summed E-state index contributed by atoms with van der Waals surface area (Å²) in [5, 5.41) is 3.63. The van der Waals surface area contributed by atoms with Crippen molar-refractivity contribution in [2.75, 3.05) is 26.2 Å². The smallest absolute Gasteiger partial charge is 0.0227 e. The lowest BCUT2D eigenvalue weighted by molar-refractivity contribution is 0.0745. The predicted molar refractivity (Wildman–Crippen MR) is 55.8 cm³/mol. The number of nitrogens with zero attached hydrogens (tertiary/aromatic N) is 1. The molecule has 0 spiro atoms. The van der Waals surface area contributed by atoms with Gasteiger partial charge < -0.3 is 10.2 Å². The van der Waals surface area contributed by atoms with Crippen molar-refractivity contribution in [2.45, 2.75) is 25.8 Å². The molecule has 0 aliphatic carbocycles. The van der Waals surface area contributed by atoms with Crippen molar-refractivity contribution in [3.63, 3.8) is 0 Å². The zero-order valence-corrected chi connectivity index (χ0v) is 8.50. The van der Waals surface area contributed by atoms with Crippen LogP contribution in [0.2, 0.25) is 0 Å². The third-order valence-electron chi connectivity index (χ3n) is 3.39. The second-order valence-electron chi connectivity index (χ2n) is 4.22. The summed E-state index contributed by atoms with van der Waals surface area (Å²) in [5.74, 6) is 0.954. The molecule has 2 heteroatoms. The molecule has 0 aromatic heterocycles. The summed E-state index contributed by atoms with van der Waals surface area (Å²) in [7, 11) is 0. The second kappa shape index (κ2) is 4.25. The Morgan fingerprint density at radius 1 is 1.38 bits per heavy atom. The Bertz CT molecular complexity index is 181. The van der Waals surface area contributed by atoms with Gasteiger partial charge in [-0.25, -0.2) is 0 Å². The van der Waals surface area contributed by atoms with Crippen LogP contribution in [-0.2, 0) is 0 Å². The van der Waals surface area contributed by atoms with Gasteiger partial charge in [-0.3, -0.25) is 0 Å². The zero-order valence-electron chi connectivity index (χ0n) is 8.50. The van der Waals surface area contributed by atoms with E-state index in [2.05, 4.69) is 29.3 Å². The minimum Gasteiger partial charge on any atom is -0.309 e. The van der Waals surface area contributed by atoms with Gasteiger partial charge in [0.1, 0.15) is 0 Å². The van der Waals surface area contributed by atoms with Gasteiger partial charge in [-0.05, 0) is 38.8 Å². The van der Waals surface area contributed by atoms with Gasteiger partial charge in [0, 0.05) is 19.1 Å². The van der Waals surface area contributed by atoms with Crippen molar-refractivity contribution in [3.8, 4) is 0 Å². The molecule has 0 aromatic carbocycles. The Morgan fingerprint density at radius 3 is 2.69 bits per heavy atom. The second-order valence-corrected chi connectivity index (χ2v) is 4.22. The standard InChI is InChI=1S/C11H20N2/c1-2-3-6-12-11-9-13-7-4-10(11)5-8-13/h2-3,10-12H,4-9H2,1H3/b3-2+. The van der Waals surface area contributed by atoms with E-state index in [9.17, 15) is 0 Å². The fourth-order valence-corrected chi connectivity index (χ4v) is 2.53. The third-order valence-corrected chi connectivity index (χ3v) is 3.39. The molecule has 3 aliphatic heterocycles. The van der Waals surface area contributed by atoms with E-state index in [0.717, 1.165) is 18.5 Å². The van der Waals surface area contributed by atoms with Crippen LogP contribution in [0.25, 0.3) is 0 Å². The molecule has 2 nitrogen and oxygen atoms in total. The number of nitrogens with one attached hydrogen (secondary N) is 1. The van der Waals surface area contributed by atoms with E-state index >= 15 is 0 Å². The highest BCUT2D eigenvalue weighted by Gasteiger charge is 2.33. The number of allylic oxidation sites excluding steroid dienone is 1. The minimum atomic E-state index is 0.763. The van der Waals surface area contributed by atoms with E-state index in [1.165, 1.54) is 32.5 Å². The quantitative estimate of drug-likeness (QED) is 0.658. The minimum absolute atomic E-state index is 0.763. The Labute approximate surface area is 81.0 Å². The van der Waals surface area contributed by atoms with Gasteiger partial charge in [0.2, 0.25) is 0 Å². The van der Waals surface area contributed by atoms with Crippen LogP contribution in [0.15, 0.2) is 12.2 Å². The van der Waals surface area contributed by atoms with Crippen LogP contribution in [0.5, 0.6) is 0 Å². The van der Waals surface area contributed by atoms with Crippen molar-refractivity contribution >= 4 is 0 Å². The van der Waals surface area contributed by atoms with Crippen molar-refractivity contribution in [3.05, 3.63) is 12.2 Å². The molecule has 0 aromatic rings. The van der Waals surface area contributed by atoms with Gasteiger partial charge in [-0.2, -0.15) is 0 Å². The molecule has 3 aliphatic rings. The lowest BCUT2D eigenvalue weighted by Crippen LogP contribution is -2.56. The summed E-state index contributed by atoms with van der Waals surface area (Å²) in [6, 6.07) is 0.763. The third kappa shape index (κ3) is 2.12. The Hall–Kier alpha value is -0.340. The van der Waals surface area contributed by atoms with E-state index in [4.69, 9.17) is 0 Å². The Balaban J connectivity index is 1.80. The van der Waals surface area contributed by atoms with Crippen LogP contribution in [0, 0.1) is 5.92 Å². The van der Waals surface area contributed by atoms with E-state index < -0.39 is 0 Å². The molecule has 2 bridgehead atoms. The summed E-state index contributed by atoms with van der Waals surface area (Å²) < 4.78 is 0. The molecule has 13 heavy (non-hydrogen) atoms. The monoisotopic (exact) mass is 180 g/mol. The lowest BCUT2D eigenvalue weighted by atomic mass is 9.84. The van der Waals surface area contributed by atoms with E-state index in [-0.39, 0.29) is 0 Å². The molecular formula is C11H20N2. The first-order valence-electron chi connectivity index (χ1n) is 5.47.